The van der Waals surface area contributed by atoms with Gasteiger partial charge in [0, 0.05) is 0 Å². The van der Waals surface area contributed by atoms with E-state index < -0.39 is 5.60 Å². The van der Waals surface area contributed by atoms with Crippen molar-refractivity contribution in [3.05, 3.63) is 24.3 Å². The van der Waals surface area contributed by atoms with Gasteiger partial charge in [0.15, 0.2) is 0 Å². The molecule has 1 nitrogen and oxygen atoms in total. The first-order chi connectivity index (χ1) is 5.46. The Morgan fingerprint density at radius 3 is 0.846 bits per heavy atom. The van der Waals surface area contributed by atoms with Gasteiger partial charge in [0.25, 0.3) is 0 Å². The molecular formula is C12H26O. The van der Waals surface area contributed by atoms with Crippen LogP contribution in [0.3, 0.4) is 0 Å². The minimum atomic E-state index is -0.500. The van der Waals surface area contributed by atoms with Gasteiger partial charge in [-0.2, -0.15) is 0 Å². The average molecular weight is 186 g/mol. The van der Waals surface area contributed by atoms with Gasteiger partial charge in [-0.1, -0.05) is 11.1 Å². The standard InChI is InChI=1S/C4H10O.2C4H8/c1-4(2,3)5;2*1-4(2)3/h5H,1-3H3;2*1H2,2-3H3. The van der Waals surface area contributed by atoms with Crippen LogP contribution in [-0.2, 0) is 0 Å². The van der Waals surface area contributed by atoms with Crippen LogP contribution in [-0.4, -0.2) is 10.7 Å². The lowest BCUT2D eigenvalue weighted by Crippen LogP contribution is -2.10. The van der Waals surface area contributed by atoms with Gasteiger partial charge in [-0.3, -0.25) is 0 Å². The van der Waals surface area contributed by atoms with E-state index in [9.17, 15) is 0 Å². The van der Waals surface area contributed by atoms with Crippen molar-refractivity contribution in [3.63, 3.8) is 0 Å². The Kier molecular flexibility index (Phi) is 13.4. The number of aliphatic hydroxyl groups is 1. The Hall–Kier alpha value is -0.560. The molecule has 0 aliphatic rings. The van der Waals surface area contributed by atoms with Gasteiger partial charge in [-0.15, -0.1) is 13.2 Å². The molecule has 0 radical (unpaired) electrons. The van der Waals surface area contributed by atoms with Crippen molar-refractivity contribution in [1.29, 1.82) is 0 Å². The maximum absolute atomic E-state index is 8.52. The van der Waals surface area contributed by atoms with Crippen LogP contribution in [0.2, 0.25) is 0 Å². The fourth-order valence-electron chi connectivity index (χ4n) is 0. The van der Waals surface area contributed by atoms with E-state index in [1.54, 1.807) is 20.8 Å². The molecule has 1 heteroatoms. The van der Waals surface area contributed by atoms with Gasteiger partial charge >= 0.3 is 0 Å². The number of allylic oxidation sites excluding steroid dienone is 2. The Morgan fingerprint density at radius 2 is 0.846 bits per heavy atom. The first-order valence-electron chi connectivity index (χ1n) is 4.43. The molecule has 0 amide bonds. The molecule has 0 atom stereocenters. The van der Waals surface area contributed by atoms with Gasteiger partial charge in [0.05, 0.1) is 5.60 Å². The van der Waals surface area contributed by atoms with E-state index in [0.29, 0.717) is 0 Å². The van der Waals surface area contributed by atoms with E-state index in [1.165, 1.54) is 11.1 Å². The smallest absolute Gasteiger partial charge is 0.0563 e. The molecule has 0 aromatic carbocycles. The quantitative estimate of drug-likeness (QED) is 0.568. The van der Waals surface area contributed by atoms with Crippen molar-refractivity contribution in [2.75, 3.05) is 0 Å². The van der Waals surface area contributed by atoms with Crippen molar-refractivity contribution in [2.45, 2.75) is 54.1 Å². The molecule has 0 bridgehead atoms. The second-order valence-corrected chi connectivity index (χ2v) is 4.59. The zero-order valence-corrected chi connectivity index (χ0v) is 10.4. The third-order valence-electron chi connectivity index (χ3n) is 0. The fourth-order valence-corrected chi connectivity index (χ4v) is 0. The van der Waals surface area contributed by atoms with E-state index in [1.807, 2.05) is 27.7 Å². The molecule has 80 valence electrons. The molecule has 0 heterocycles. The third kappa shape index (κ3) is 3250. The van der Waals surface area contributed by atoms with Crippen LogP contribution >= 0.6 is 0 Å². The van der Waals surface area contributed by atoms with E-state index >= 15 is 0 Å². The highest BCUT2D eigenvalue weighted by molar-refractivity contribution is 4.79. The van der Waals surface area contributed by atoms with Crippen molar-refractivity contribution in [2.24, 2.45) is 0 Å². The van der Waals surface area contributed by atoms with Crippen LogP contribution in [0, 0.1) is 0 Å². The zero-order valence-electron chi connectivity index (χ0n) is 10.4. The summed E-state index contributed by atoms with van der Waals surface area (Å²) >= 11 is 0. The topological polar surface area (TPSA) is 20.2 Å². The van der Waals surface area contributed by atoms with Crippen molar-refractivity contribution in [3.8, 4) is 0 Å². The highest BCUT2D eigenvalue weighted by Gasteiger charge is 1.97. The molecule has 0 saturated carbocycles. The Balaban J connectivity index is -0.000000117. The number of hydrogen-bond donors (Lipinski definition) is 1. The lowest BCUT2D eigenvalue weighted by Gasteiger charge is -2.04. The van der Waals surface area contributed by atoms with E-state index in [2.05, 4.69) is 13.2 Å². The fraction of sp³-hybridized carbons (Fsp3) is 0.667. The molecule has 0 rings (SSSR count). The minimum Gasteiger partial charge on any atom is -0.391 e. The molecule has 0 saturated heterocycles. The van der Waals surface area contributed by atoms with Gasteiger partial charge in [-0.05, 0) is 48.5 Å². The predicted molar refractivity (Wildman–Crippen MR) is 62.9 cm³/mol. The molecule has 0 aromatic rings. The average Bonchev–Trinajstić information content (AvgIpc) is 1.50. The van der Waals surface area contributed by atoms with Crippen LogP contribution in [0.1, 0.15) is 48.5 Å². The third-order valence-corrected chi connectivity index (χ3v) is 0. The van der Waals surface area contributed by atoms with Gasteiger partial charge < -0.3 is 5.11 Å². The Morgan fingerprint density at radius 1 is 0.846 bits per heavy atom. The highest BCUT2D eigenvalue weighted by atomic mass is 16.3. The van der Waals surface area contributed by atoms with Gasteiger partial charge in [0.2, 0.25) is 0 Å². The molecule has 0 fully saturated rings. The predicted octanol–water partition coefficient (Wildman–Crippen LogP) is 3.94. The minimum absolute atomic E-state index is 0.500. The zero-order chi connectivity index (χ0) is 11.7. The highest BCUT2D eigenvalue weighted by Crippen LogP contribution is 1.93. The van der Waals surface area contributed by atoms with Crippen LogP contribution in [0.5, 0.6) is 0 Å². The van der Waals surface area contributed by atoms with E-state index in [0.717, 1.165) is 0 Å². The van der Waals surface area contributed by atoms with Crippen LogP contribution < -0.4 is 0 Å². The van der Waals surface area contributed by atoms with Crippen LogP contribution in [0.15, 0.2) is 24.3 Å². The molecule has 1 N–H and O–H groups in total. The molecule has 0 spiro atoms. The van der Waals surface area contributed by atoms with Gasteiger partial charge in [0.1, 0.15) is 0 Å². The summed E-state index contributed by atoms with van der Waals surface area (Å²) in [4.78, 5) is 0. The number of hydrogen-bond acceptors (Lipinski definition) is 1. The molecule has 0 unspecified atom stereocenters. The first-order valence-corrected chi connectivity index (χ1v) is 4.43. The van der Waals surface area contributed by atoms with Crippen molar-refractivity contribution >= 4 is 0 Å². The molecule has 13 heavy (non-hydrogen) atoms. The van der Waals surface area contributed by atoms with Crippen molar-refractivity contribution < 1.29 is 5.11 Å². The number of rotatable bonds is 0. The summed E-state index contributed by atoms with van der Waals surface area (Å²) in [6.07, 6.45) is 0. The maximum atomic E-state index is 8.52. The first kappa shape index (κ1) is 18.3. The van der Waals surface area contributed by atoms with Gasteiger partial charge in [-0.25, -0.2) is 0 Å². The van der Waals surface area contributed by atoms with Crippen LogP contribution in [0.4, 0.5) is 0 Å². The monoisotopic (exact) mass is 186 g/mol. The SMILES string of the molecule is C=C(C)C.C=C(C)C.CC(C)(C)O. The largest absolute Gasteiger partial charge is 0.391 e. The lowest BCUT2D eigenvalue weighted by atomic mass is 10.2. The molecular weight excluding hydrogens is 160 g/mol. The summed E-state index contributed by atoms with van der Waals surface area (Å²) in [5, 5.41) is 8.52. The molecule has 0 aliphatic heterocycles. The van der Waals surface area contributed by atoms with Crippen LogP contribution in [0.25, 0.3) is 0 Å². The maximum Gasteiger partial charge on any atom is 0.0563 e. The lowest BCUT2D eigenvalue weighted by molar-refractivity contribution is 0.102. The summed E-state index contributed by atoms with van der Waals surface area (Å²) < 4.78 is 0. The van der Waals surface area contributed by atoms with E-state index in [4.69, 9.17) is 5.11 Å². The summed E-state index contributed by atoms with van der Waals surface area (Å²) in [7, 11) is 0. The summed E-state index contributed by atoms with van der Waals surface area (Å²) in [5.74, 6) is 0. The molecule has 0 aliphatic carbocycles. The Bertz CT molecular complexity index is 112. The second-order valence-electron chi connectivity index (χ2n) is 4.59. The summed E-state index contributed by atoms with van der Waals surface area (Å²) in [6.45, 7) is 20.2. The summed E-state index contributed by atoms with van der Waals surface area (Å²) in [6, 6.07) is 0. The summed E-state index contributed by atoms with van der Waals surface area (Å²) in [5.41, 5.74) is 1.83. The molecule has 0 aromatic heterocycles. The Labute approximate surface area is 84.2 Å². The van der Waals surface area contributed by atoms with E-state index in [-0.39, 0.29) is 0 Å². The second kappa shape index (κ2) is 9.53. The van der Waals surface area contributed by atoms with Crippen molar-refractivity contribution in [1.82, 2.24) is 0 Å². The normalized spacial score (nSPS) is 8.62.